The van der Waals surface area contributed by atoms with Gasteiger partial charge in [0, 0.05) is 0 Å². The molecule has 1 N–H and O–H groups in total. The summed E-state index contributed by atoms with van der Waals surface area (Å²) in [7, 11) is 0. The average Bonchev–Trinajstić information content (AvgIpc) is 2.51. The number of hydrogen-bond acceptors (Lipinski definition) is 2. The molecule has 0 aliphatic heterocycles. The number of ether oxygens (including phenoxy) is 1. The number of hydrogen-bond donors (Lipinski definition) is 1. The Morgan fingerprint density at radius 3 is 2.48 bits per heavy atom. The van der Waals surface area contributed by atoms with E-state index >= 15 is 0 Å². The molecule has 0 bridgehead atoms. The van der Waals surface area contributed by atoms with Crippen molar-refractivity contribution in [3.63, 3.8) is 0 Å². The molecule has 1 aromatic rings. The SMILES string of the molecule is CCCC(CC)c1ccc(C(=O)O)c(OCCCCC(C)C)c1. The van der Waals surface area contributed by atoms with Gasteiger partial charge in [0.1, 0.15) is 11.3 Å². The highest BCUT2D eigenvalue weighted by Crippen LogP contribution is 2.30. The molecule has 1 aromatic carbocycles. The fourth-order valence-electron chi connectivity index (χ4n) is 2.88. The monoisotopic (exact) mass is 320 g/mol. The first-order valence-corrected chi connectivity index (χ1v) is 8.99. The molecule has 1 rings (SSSR count). The van der Waals surface area contributed by atoms with E-state index in [4.69, 9.17) is 4.74 Å². The van der Waals surface area contributed by atoms with Gasteiger partial charge >= 0.3 is 5.97 Å². The van der Waals surface area contributed by atoms with Gasteiger partial charge in [-0.3, -0.25) is 0 Å². The van der Waals surface area contributed by atoms with Gasteiger partial charge < -0.3 is 9.84 Å². The third kappa shape index (κ3) is 6.64. The second-order valence-corrected chi connectivity index (χ2v) is 6.69. The van der Waals surface area contributed by atoms with Crippen LogP contribution in [0.1, 0.15) is 88.1 Å². The molecule has 0 saturated carbocycles. The molecular weight excluding hydrogens is 288 g/mol. The Hall–Kier alpha value is -1.51. The molecule has 0 aliphatic rings. The van der Waals surface area contributed by atoms with Crippen LogP contribution < -0.4 is 4.74 Å². The zero-order valence-corrected chi connectivity index (χ0v) is 15.1. The largest absolute Gasteiger partial charge is 0.493 e. The zero-order valence-electron chi connectivity index (χ0n) is 15.1. The highest BCUT2D eigenvalue weighted by Gasteiger charge is 2.15. The van der Waals surface area contributed by atoms with E-state index in [9.17, 15) is 9.90 Å². The van der Waals surface area contributed by atoms with E-state index in [-0.39, 0.29) is 5.56 Å². The van der Waals surface area contributed by atoms with Crippen LogP contribution in [0, 0.1) is 5.92 Å². The van der Waals surface area contributed by atoms with Gasteiger partial charge in [-0.25, -0.2) is 4.79 Å². The highest BCUT2D eigenvalue weighted by atomic mass is 16.5. The van der Waals surface area contributed by atoms with E-state index in [0.29, 0.717) is 24.2 Å². The van der Waals surface area contributed by atoms with Crippen LogP contribution >= 0.6 is 0 Å². The Morgan fingerprint density at radius 2 is 1.91 bits per heavy atom. The fourth-order valence-corrected chi connectivity index (χ4v) is 2.88. The number of rotatable bonds is 11. The fraction of sp³-hybridized carbons (Fsp3) is 0.650. The summed E-state index contributed by atoms with van der Waals surface area (Å²) in [6.45, 7) is 9.37. The van der Waals surface area contributed by atoms with E-state index in [1.54, 1.807) is 6.07 Å². The van der Waals surface area contributed by atoms with Crippen LogP contribution in [0.3, 0.4) is 0 Å². The normalized spacial score (nSPS) is 12.4. The molecule has 0 fully saturated rings. The minimum absolute atomic E-state index is 0.268. The first kappa shape index (κ1) is 19.5. The maximum atomic E-state index is 11.4. The summed E-state index contributed by atoms with van der Waals surface area (Å²) in [5.74, 6) is 0.782. The van der Waals surface area contributed by atoms with Gasteiger partial charge in [0.2, 0.25) is 0 Å². The lowest BCUT2D eigenvalue weighted by molar-refractivity contribution is 0.0692. The summed E-state index contributed by atoms with van der Waals surface area (Å²) < 4.78 is 5.81. The lowest BCUT2D eigenvalue weighted by Gasteiger charge is -2.17. The van der Waals surface area contributed by atoms with Crippen LogP contribution in [0.2, 0.25) is 0 Å². The lowest BCUT2D eigenvalue weighted by atomic mass is 9.91. The number of carboxylic acid groups (broad SMARTS) is 1. The predicted molar refractivity (Wildman–Crippen MR) is 95.5 cm³/mol. The topological polar surface area (TPSA) is 46.5 Å². The molecule has 0 amide bonds. The molecule has 23 heavy (non-hydrogen) atoms. The quantitative estimate of drug-likeness (QED) is 0.518. The highest BCUT2D eigenvalue weighted by molar-refractivity contribution is 5.91. The minimum atomic E-state index is -0.919. The lowest BCUT2D eigenvalue weighted by Crippen LogP contribution is -2.07. The van der Waals surface area contributed by atoms with Crippen molar-refractivity contribution < 1.29 is 14.6 Å². The molecule has 3 heteroatoms. The van der Waals surface area contributed by atoms with Crippen molar-refractivity contribution in [1.82, 2.24) is 0 Å². The van der Waals surface area contributed by atoms with Crippen LogP contribution in [-0.2, 0) is 0 Å². The molecular formula is C20H32O3. The van der Waals surface area contributed by atoms with Crippen molar-refractivity contribution in [3.8, 4) is 5.75 Å². The van der Waals surface area contributed by atoms with Gasteiger partial charge in [0.05, 0.1) is 6.61 Å². The Labute approximate surface area is 141 Å². The molecule has 0 spiro atoms. The molecule has 0 saturated heterocycles. The van der Waals surface area contributed by atoms with Crippen molar-refractivity contribution >= 4 is 5.97 Å². The van der Waals surface area contributed by atoms with Crippen molar-refractivity contribution in [2.45, 2.75) is 72.1 Å². The van der Waals surface area contributed by atoms with E-state index in [0.717, 1.165) is 32.1 Å². The Kier molecular flexibility index (Phi) is 8.75. The van der Waals surface area contributed by atoms with Crippen LogP contribution in [0.5, 0.6) is 5.75 Å². The minimum Gasteiger partial charge on any atom is -0.493 e. The van der Waals surface area contributed by atoms with Crippen molar-refractivity contribution in [2.24, 2.45) is 5.92 Å². The first-order valence-electron chi connectivity index (χ1n) is 8.99. The van der Waals surface area contributed by atoms with E-state index in [2.05, 4.69) is 27.7 Å². The van der Waals surface area contributed by atoms with Gasteiger partial charge in [-0.15, -0.1) is 0 Å². The van der Waals surface area contributed by atoms with Crippen LogP contribution in [-0.4, -0.2) is 17.7 Å². The summed E-state index contributed by atoms with van der Waals surface area (Å²) in [6, 6.07) is 5.58. The standard InChI is InChI=1S/C20H32O3/c1-5-9-16(6-2)17-11-12-18(20(21)22)19(14-17)23-13-8-7-10-15(3)4/h11-12,14-16H,5-10,13H2,1-4H3,(H,21,22). The number of unbranched alkanes of at least 4 members (excludes halogenated alkanes) is 1. The van der Waals surface area contributed by atoms with E-state index in [1.165, 1.54) is 12.0 Å². The summed E-state index contributed by atoms with van der Waals surface area (Å²) >= 11 is 0. The molecule has 130 valence electrons. The van der Waals surface area contributed by atoms with Crippen molar-refractivity contribution in [3.05, 3.63) is 29.3 Å². The van der Waals surface area contributed by atoms with Gasteiger partial charge in [-0.1, -0.05) is 46.6 Å². The van der Waals surface area contributed by atoms with Gasteiger partial charge in [0.25, 0.3) is 0 Å². The Balaban J connectivity index is 2.78. The second kappa shape index (κ2) is 10.3. The number of carboxylic acids is 1. The van der Waals surface area contributed by atoms with Crippen molar-refractivity contribution in [2.75, 3.05) is 6.61 Å². The van der Waals surface area contributed by atoms with Crippen molar-refractivity contribution in [1.29, 1.82) is 0 Å². The van der Waals surface area contributed by atoms with Gasteiger partial charge in [0.15, 0.2) is 0 Å². The maximum absolute atomic E-state index is 11.4. The molecule has 0 heterocycles. The first-order chi connectivity index (χ1) is 11.0. The average molecular weight is 320 g/mol. The smallest absolute Gasteiger partial charge is 0.339 e. The molecule has 1 unspecified atom stereocenters. The van der Waals surface area contributed by atoms with Crippen LogP contribution in [0.15, 0.2) is 18.2 Å². The number of aromatic carboxylic acids is 1. The summed E-state index contributed by atoms with van der Waals surface area (Å²) in [6.07, 6.45) is 6.58. The molecule has 1 atom stereocenters. The zero-order chi connectivity index (χ0) is 17.2. The van der Waals surface area contributed by atoms with E-state index < -0.39 is 5.97 Å². The molecule has 3 nitrogen and oxygen atoms in total. The molecule has 0 radical (unpaired) electrons. The predicted octanol–water partition coefficient (Wildman–Crippen LogP) is 5.88. The number of carbonyl (C=O) groups is 1. The maximum Gasteiger partial charge on any atom is 0.339 e. The van der Waals surface area contributed by atoms with Crippen LogP contribution in [0.25, 0.3) is 0 Å². The number of benzene rings is 1. The summed E-state index contributed by atoms with van der Waals surface area (Å²) in [5, 5.41) is 9.35. The van der Waals surface area contributed by atoms with Crippen LogP contribution in [0.4, 0.5) is 0 Å². The van der Waals surface area contributed by atoms with E-state index in [1.807, 2.05) is 12.1 Å². The molecule has 0 aromatic heterocycles. The molecule has 0 aliphatic carbocycles. The second-order valence-electron chi connectivity index (χ2n) is 6.69. The van der Waals surface area contributed by atoms with Gasteiger partial charge in [-0.2, -0.15) is 0 Å². The third-order valence-corrected chi connectivity index (χ3v) is 4.27. The Morgan fingerprint density at radius 1 is 1.17 bits per heavy atom. The summed E-state index contributed by atoms with van der Waals surface area (Å²) in [4.78, 5) is 11.4. The van der Waals surface area contributed by atoms with Gasteiger partial charge in [-0.05, 0) is 55.2 Å². The Bertz CT molecular complexity index is 480. The third-order valence-electron chi connectivity index (χ3n) is 4.27. The summed E-state index contributed by atoms with van der Waals surface area (Å²) in [5.41, 5.74) is 1.46.